The van der Waals surface area contributed by atoms with Gasteiger partial charge in [-0.15, -0.1) is 6.42 Å². The second kappa shape index (κ2) is 4.34. The number of hydrogen-bond acceptors (Lipinski definition) is 3. The van der Waals surface area contributed by atoms with E-state index in [0.717, 1.165) is 16.5 Å². The first-order chi connectivity index (χ1) is 8.13. The van der Waals surface area contributed by atoms with Gasteiger partial charge in [0.15, 0.2) is 0 Å². The lowest BCUT2D eigenvalue weighted by atomic mass is 10.0. The van der Waals surface area contributed by atoms with Crippen LogP contribution >= 0.6 is 0 Å². The van der Waals surface area contributed by atoms with Gasteiger partial charge in [-0.3, -0.25) is 0 Å². The minimum absolute atomic E-state index is 0.131. The molecule has 0 radical (unpaired) electrons. The van der Waals surface area contributed by atoms with Crippen molar-refractivity contribution in [3.05, 3.63) is 39.7 Å². The van der Waals surface area contributed by atoms with Crippen LogP contribution in [0.3, 0.4) is 0 Å². The molecule has 1 heterocycles. The van der Waals surface area contributed by atoms with Crippen LogP contribution < -0.4 is 10.4 Å². The zero-order valence-electron chi connectivity index (χ0n) is 9.74. The minimum Gasteiger partial charge on any atom is -0.480 e. The van der Waals surface area contributed by atoms with Gasteiger partial charge in [0.25, 0.3) is 0 Å². The summed E-state index contributed by atoms with van der Waals surface area (Å²) in [7, 11) is 0. The highest BCUT2D eigenvalue weighted by molar-refractivity contribution is 5.87. The van der Waals surface area contributed by atoms with Gasteiger partial charge in [-0.2, -0.15) is 0 Å². The van der Waals surface area contributed by atoms with Crippen LogP contribution in [0.15, 0.2) is 27.4 Å². The molecule has 0 aliphatic heterocycles. The molecule has 0 aliphatic carbocycles. The van der Waals surface area contributed by atoms with Gasteiger partial charge in [-0.1, -0.05) is 12.0 Å². The number of benzene rings is 1. The number of aryl methyl sites for hydroxylation is 2. The summed E-state index contributed by atoms with van der Waals surface area (Å²) >= 11 is 0. The monoisotopic (exact) mass is 228 g/mol. The Bertz CT molecular complexity index is 659. The van der Waals surface area contributed by atoms with E-state index in [-0.39, 0.29) is 6.61 Å². The highest BCUT2D eigenvalue weighted by Crippen LogP contribution is 2.28. The lowest BCUT2D eigenvalue weighted by molar-refractivity contribution is 0.370. The van der Waals surface area contributed by atoms with Crippen molar-refractivity contribution in [1.82, 2.24) is 0 Å². The van der Waals surface area contributed by atoms with Gasteiger partial charge in [-0.25, -0.2) is 4.79 Å². The molecule has 0 spiro atoms. The SMILES string of the molecule is C#CCOc1cc(=O)oc2ccc(C)c(C)c12. The number of terminal acetylenes is 1. The van der Waals surface area contributed by atoms with Gasteiger partial charge in [-0.05, 0) is 31.0 Å². The highest BCUT2D eigenvalue weighted by Gasteiger charge is 2.10. The van der Waals surface area contributed by atoms with Crippen LogP contribution in [-0.2, 0) is 0 Å². The maximum absolute atomic E-state index is 11.4. The van der Waals surface area contributed by atoms with Crippen LogP contribution in [0, 0.1) is 26.2 Å². The standard InChI is InChI=1S/C14H12O3/c1-4-7-16-12-8-13(15)17-11-6-5-9(2)10(3)14(11)12/h1,5-6,8H,7H2,2-3H3. The van der Waals surface area contributed by atoms with Crippen molar-refractivity contribution < 1.29 is 9.15 Å². The van der Waals surface area contributed by atoms with Crippen molar-refractivity contribution in [2.24, 2.45) is 0 Å². The van der Waals surface area contributed by atoms with E-state index in [1.807, 2.05) is 19.9 Å². The van der Waals surface area contributed by atoms with Crippen molar-refractivity contribution in [2.75, 3.05) is 6.61 Å². The number of rotatable bonds is 2. The summed E-state index contributed by atoms with van der Waals surface area (Å²) in [6, 6.07) is 5.00. The Morgan fingerprint density at radius 3 is 2.88 bits per heavy atom. The van der Waals surface area contributed by atoms with E-state index in [2.05, 4.69) is 5.92 Å². The molecular weight excluding hydrogens is 216 g/mol. The van der Waals surface area contributed by atoms with Gasteiger partial charge in [0.2, 0.25) is 0 Å². The van der Waals surface area contributed by atoms with Crippen LogP contribution in [0.2, 0.25) is 0 Å². The van der Waals surface area contributed by atoms with Crippen LogP contribution in [-0.4, -0.2) is 6.61 Å². The van der Waals surface area contributed by atoms with E-state index in [9.17, 15) is 4.79 Å². The van der Waals surface area contributed by atoms with Gasteiger partial charge in [0.05, 0.1) is 11.5 Å². The Morgan fingerprint density at radius 2 is 2.18 bits per heavy atom. The highest BCUT2D eigenvalue weighted by atomic mass is 16.5. The quantitative estimate of drug-likeness (QED) is 0.585. The van der Waals surface area contributed by atoms with Crippen molar-refractivity contribution in [2.45, 2.75) is 13.8 Å². The molecule has 2 aromatic rings. The molecule has 0 bridgehead atoms. The molecule has 1 aromatic carbocycles. The van der Waals surface area contributed by atoms with Crippen LogP contribution in [0.4, 0.5) is 0 Å². The molecule has 0 saturated heterocycles. The van der Waals surface area contributed by atoms with Crippen molar-refractivity contribution in [3.63, 3.8) is 0 Å². The summed E-state index contributed by atoms with van der Waals surface area (Å²) in [4.78, 5) is 11.4. The molecule has 3 nitrogen and oxygen atoms in total. The molecule has 0 atom stereocenters. The molecule has 0 unspecified atom stereocenters. The van der Waals surface area contributed by atoms with Crippen LogP contribution in [0.5, 0.6) is 5.75 Å². The first-order valence-electron chi connectivity index (χ1n) is 5.24. The van der Waals surface area contributed by atoms with E-state index in [4.69, 9.17) is 15.6 Å². The summed E-state index contributed by atoms with van der Waals surface area (Å²) < 4.78 is 10.5. The Morgan fingerprint density at radius 1 is 1.41 bits per heavy atom. The number of ether oxygens (including phenoxy) is 1. The van der Waals surface area contributed by atoms with E-state index >= 15 is 0 Å². The average Bonchev–Trinajstić information content (AvgIpc) is 2.30. The predicted molar refractivity (Wildman–Crippen MR) is 66.3 cm³/mol. The second-order valence-corrected chi connectivity index (χ2v) is 3.80. The van der Waals surface area contributed by atoms with E-state index in [1.165, 1.54) is 6.07 Å². The van der Waals surface area contributed by atoms with Crippen molar-refractivity contribution >= 4 is 11.0 Å². The smallest absolute Gasteiger partial charge is 0.339 e. The molecule has 17 heavy (non-hydrogen) atoms. The molecular formula is C14H12O3. The van der Waals surface area contributed by atoms with Crippen molar-refractivity contribution in [1.29, 1.82) is 0 Å². The Labute approximate surface area is 99.0 Å². The average molecular weight is 228 g/mol. The topological polar surface area (TPSA) is 39.4 Å². The third-order valence-corrected chi connectivity index (χ3v) is 2.71. The lowest BCUT2D eigenvalue weighted by Crippen LogP contribution is -2.03. The maximum atomic E-state index is 11.4. The third-order valence-electron chi connectivity index (χ3n) is 2.71. The summed E-state index contributed by atoms with van der Waals surface area (Å²) in [5.41, 5.74) is 2.22. The molecule has 1 aromatic heterocycles. The minimum atomic E-state index is -0.437. The largest absolute Gasteiger partial charge is 0.480 e. The lowest BCUT2D eigenvalue weighted by Gasteiger charge is -2.09. The zero-order valence-corrected chi connectivity index (χ0v) is 9.74. The molecule has 2 rings (SSSR count). The molecule has 0 saturated carbocycles. The first-order valence-corrected chi connectivity index (χ1v) is 5.24. The van der Waals surface area contributed by atoms with Crippen LogP contribution in [0.25, 0.3) is 11.0 Å². The summed E-state index contributed by atoms with van der Waals surface area (Å²) in [6.07, 6.45) is 5.15. The Balaban J connectivity index is 2.76. The summed E-state index contributed by atoms with van der Waals surface area (Å²) in [5.74, 6) is 2.86. The zero-order chi connectivity index (χ0) is 12.4. The fourth-order valence-corrected chi connectivity index (χ4v) is 1.73. The molecule has 0 amide bonds. The van der Waals surface area contributed by atoms with Gasteiger partial charge < -0.3 is 9.15 Å². The molecule has 0 N–H and O–H groups in total. The molecule has 0 fully saturated rings. The first kappa shape index (κ1) is 11.3. The maximum Gasteiger partial charge on any atom is 0.339 e. The molecule has 3 heteroatoms. The second-order valence-electron chi connectivity index (χ2n) is 3.80. The molecule has 0 aliphatic rings. The fraction of sp³-hybridized carbons (Fsp3) is 0.214. The van der Waals surface area contributed by atoms with Crippen molar-refractivity contribution in [3.8, 4) is 18.1 Å². The fourth-order valence-electron chi connectivity index (χ4n) is 1.73. The van der Waals surface area contributed by atoms with E-state index in [0.29, 0.717) is 11.3 Å². The summed E-state index contributed by atoms with van der Waals surface area (Å²) in [5, 5.41) is 0.805. The van der Waals surface area contributed by atoms with Gasteiger partial charge in [0, 0.05) is 0 Å². The van der Waals surface area contributed by atoms with Crippen LogP contribution in [0.1, 0.15) is 11.1 Å². The van der Waals surface area contributed by atoms with E-state index in [1.54, 1.807) is 6.07 Å². The number of hydrogen-bond donors (Lipinski definition) is 0. The van der Waals surface area contributed by atoms with Gasteiger partial charge >= 0.3 is 5.63 Å². The molecule has 86 valence electrons. The Hall–Kier alpha value is -2.21. The third kappa shape index (κ3) is 2.02. The van der Waals surface area contributed by atoms with E-state index < -0.39 is 5.63 Å². The Kier molecular flexibility index (Phi) is 2.88. The van der Waals surface area contributed by atoms with Gasteiger partial charge in [0.1, 0.15) is 17.9 Å². The normalized spacial score (nSPS) is 10.2. The predicted octanol–water partition coefficient (Wildman–Crippen LogP) is 2.42. The number of fused-ring (bicyclic) bond motifs is 1. The summed E-state index contributed by atoms with van der Waals surface area (Å²) in [6.45, 7) is 4.08.